The zero-order chi connectivity index (χ0) is 11.0. The van der Waals surface area contributed by atoms with Gasteiger partial charge in [-0.05, 0) is 24.4 Å². The molecule has 0 aliphatic carbocycles. The lowest BCUT2D eigenvalue weighted by Crippen LogP contribution is -2.27. The Labute approximate surface area is 88.6 Å². The molecule has 1 aromatic carbocycles. The summed E-state index contributed by atoms with van der Waals surface area (Å²) in [7, 11) is 0. The number of aromatic amines is 1. The van der Waals surface area contributed by atoms with E-state index in [1.54, 1.807) is 24.3 Å². The van der Waals surface area contributed by atoms with Crippen molar-refractivity contribution < 1.29 is 9.90 Å². The lowest BCUT2D eigenvalue weighted by atomic mass is 10.2. The molecule has 0 bridgehead atoms. The minimum absolute atomic E-state index is 0.119. The molecule has 0 radical (unpaired) electrons. The Hall–Kier alpha value is -1.95. The lowest BCUT2D eigenvalue weighted by Gasteiger charge is -2.01. The van der Waals surface area contributed by atoms with Gasteiger partial charge in [-0.15, -0.1) is 0 Å². The SMILES string of the molecule is O=C(O)n1c(=S)[nH]c2ccccc2c1=O. The highest BCUT2D eigenvalue weighted by Gasteiger charge is 2.09. The molecule has 15 heavy (non-hydrogen) atoms. The summed E-state index contributed by atoms with van der Waals surface area (Å²) in [6.07, 6.45) is -1.38. The molecular weight excluding hydrogens is 216 g/mol. The van der Waals surface area contributed by atoms with E-state index in [1.807, 2.05) is 0 Å². The summed E-state index contributed by atoms with van der Waals surface area (Å²) in [5.74, 6) is 0. The maximum atomic E-state index is 11.7. The summed E-state index contributed by atoms with van der Waals surface area (Å²) in [4.78, 5) is 25.1. The maximum absolute atomic E-state index is 11.7. The Bertz CT molecular complexity index is 656. The van der Waals surface area contributed by atoms with Gasteiger partial charge in [-0.1, -0.05) is 12.1 Å². The lowest BCUT2D eigenvalue weighted by molar-refractivity contribution is 0.194. The molecule has 0 aliphatic rings. The van der Waals surface area contributed by atoms with Crippen LogP contribution in [0.3, 0.4) is 0 Å². The first-order valence-corrected chi connectivity index (χ1v) is 4.49. The van der Waals surface area contributed by atoms with Crippen molar-refractivity contribution in [3.8, 4) is 0 Å². The monoisotopic (exact) mass is 222 g/mol. The van der Waals surface area contributed by atoms with Crippen molar-refractivity contribution in [1.29, 1.82) is 0 Å². The Morgan fingerprint density at radius 2 is 2.07 bits per heavy atom. The normalized spacial score (nSPS) is 10.4. The Kier molecular flexibility index (Phi) is 2.12. The largest absolute Gasteiger partial charge is 0.464 e. The number of nitrogens with one attached hydrogen (secondary N) is 1. The van der Waals surface area contributed by atoms with Crippen molar-refractivity contribution in [2.24, 2.45) is 0 Å². The van der Waals surface area contributed by atoms with E-state index in [0.29, 0.717) is 15.5 Å². The van der Waals surface area contributed by atoms with Gasteiger partial charge in [-0.25, -0.2) is 4.79 Å². The molecule has 0 saturated heterocycles. The molecule has 5 nitrogen and oxygen atoms in total. The second-order valence-corrected chi connectivity index (χ2v) is 3.29. The zero-order valence-electron chi connectivity index (χ0n) is 7.43. The van der Waals surface area contributed by atoms with E-state index in [-0.39, 0.29) is 4.77 Å². The Morgan fingerprint density at radius 1 is 1.40 bits per heavy atom. The van der Waals surface area contributed by atoms with Gasteiger partial charge in [0.1, 0.15) is 0 Å². The van der Waals surface area contributed by atoms with Crippen LogP contribution in [0.2, 0.25) is 0 Å². The average molecular weight is 222 g/mol. The summed E-state index contributed by atoms with van der Waals surface area (Å²) >= 11 is 4.77. The number of benzene rings is 1. The van der Waals surface area contributed by atoms with Gasteiger partial charge in [-0.2, -0.15) is 4.57 Å². The van der Waals surface area contributed by atoms with E-state index >= 15 is 0 Å². The topological polar surface area (TPSA) is 75.1 Å². The minimum atomic E-state index is -1.38. The molecule has 6 heteroatoms. The van der Waals surface area contributed by atoms with Gasteiger partial charge in [0.25, 0.3) is 5.56 Å². The number of hydrogen-bond donors (Lipinski definition) is 2. The fourth-order valence-electron chi connectivity index (χ4n) is 1.34. The first kappa shape index (κ1) is 9.60. The van der Waals surface area contributed by atoms with Gasteiger partial charge in [0.15, 0.2) is 4.77 Å². The number of carboxylic acid groups (broad SMARTS) is 1. The van der Waals surface area contributed by atoms with E-state index in [1.165, 1.54) is 0 Å². The highest BCUT2D eigenvalue weighted by molar-refractivity contribution is 7.71. The van der Waals surface area contributed by atoms with Gasteiger partial charge < -0.3 is 10.1 Å². The number of para-hydroxylation sites is 1. The highest BCUT2D eigenvalue weighted by Crippen LogP contribution is 2.05. The summed E-state index contributed by atoms with van der Waals surface area (Å²) in [5, 5.41) is 9.08. The van der Waals surface area contributed by atoms with Crippen LogP contribution in [0.15, 0.2) is 29.1 Å². The van der Waals surface area contributed by atoms with Crippen molar-refractivity contribution >= 4 is 29.2 Å². The van der Waals surface area contributed by atoms with E-state index in [2.05, 4.69) is 4.98 Å². The smallest absolute Gasteiger partial charge is 0.420 e. The second-order valence-electron chi connectivity index (χ2n) is 2.90. The zero-order valence-corrected chi connectivity index (χ0v) is 8.25. The van der Waals surface area contributed by atoms with Crippen LogP contribution >= 0.6 is 12.2 Å². The van der Waals surface area contributed by atoms with Gasteiger partial charge in [0, 0.05) is 0 Å². The third-order valence-electron chi connectivity index (χ3n) is 2.00. The number of carbonyl (C=O) groups is 1. The van der Waals surface area contributed by atoms with Crippen molar-refractivity contribution in [2.75, 3.05) is 0 Å². The number of H-pyrrole nitrogens is 1. The molecule has 2 N–H and O–H groups in total. The predicted molar refractivity (Wildman–Crippen MR) is 56.8 cm³/mol. The molecule has 2 aromatic rings. The van der Waals surface area contributed by atoms with Crippen molar-refractivity contribution in [1.82, 2.24) is 9.55 Å². The molecule has 76 valence electrons. The van der Waals surface area contributed by atoms with E-state index < -0.39 is 11.7 Å². The summed E-state index contributed by atoms with van der Waals surface area (Å²) in [6, 6.07) is 6.60. The van der Waals surface area contributed by atoms with Crippen LogP contribution in [0.1, 0.15) is 0 Å². The predicted octanol–water partition coefficient (Wildman–Crippen LogP) is 1.59. The fourth-order valence-corrected chi connectivity index (χ4v) is 1.61. The molecule has 0 aliphatic heterocycles. The third kappa shape index (κ3) is 1.44. The van der Waals surface area contributed by atoms with Crippen molar-refractivity contribution in [2.45, 2.75) is 0 Å². The first-order valence-electron chi connectivity index (χ1n) is 4.08. The maximum Gasteiger partial charge on any atom is 0.420 e. The quantitative estimate of drug-likeness (QED) is 0.663. The second kappa shape index (κ2) is 3.32. The van der Waals surface area contributed by atoms with Gasteiger partial charge in [-0.3, -0.25) is 4.79 Å². The number of nitrogens with zero attached hydrogens (tertiary/aromatic N) is 1. The first-order chi connectivity index (χ1) is 7.11. The molecule has 0 spiro atoms. The standard InChI is InChI=1S/C9H6N2O3S/c12-7-5-3-1-2-4-6(5)10-8(15)11(7)9(13)14/h1-4H,(H,10,15)(H,13,14). The van der Waals surface area contributed by atoms with Crippen LogP contribution in [-0.4, -0.2) is 20.8 Å². The van der Waals surface area contributed by atoms with Crippen LogP contribution in [-0.2, 0) is 0 Å². The molecule has 0 atom stereocenters. The van der Waals surface area contributed by atoms with E-state index in [4.69, 9.17) is 17.3 Å². The molecule has 1 aromatic heterocycles. The number of rotatable bonds is 0. The van der Waals surface area contributed by atoms with Gasteiger partial charge >= 0.3 is 6.09 Å². The molecule has 2 rings (SSSR count). The fraction of sp³-hybridized carbons (Fsp3) is 0. The third-order valence-corrected chi connectivity index (χ3v) is 2.28. The summed E-state index contributed by atoms with van der Waals surface area (Å²) < 4.78 is 0.392. The van der Waals surface area contributed by atoms with E-state index in [0.717, 1.165) is 0 Å². The summed E-state index contributed by atoms with van der Waals surface area (Å²) in [5.41, 5.74) is -0.0909. The molecule has 1 heterocycles. The molecule has 0 amide bonds. The number of hydrogen-bond acceptors (Lipinski definition) is 3. The number of aromatic nitrogens is 2. The number of fused-ring (bicyclic) bond motifs is 1. The Morgan fingerprint density at radius 3 is 2.73 bits per heavy atom. The van der Waals surface area contributed by atoms with Crippen LogP contribution in [0, 0.1) is 4.77 Å². The Balaban J connectivity index is 3.04. The highest BCUT2D eigenvalue weighted by atomic mass is 32.1. The van der Waals surface area contributed by atoms with Gasteiger partial charge in [0.05, 0.1) is 10.9 Å². The minimum Gasteiger partial charge on any atom is -0.464 e. The molecule has 0 unspecified atom stereocenters. The summed E-state index contributed by atoms with van der Waals surface area (Å²) in [6.45, 7) is 0. The van der Waals surface area contributed by atoms with Crippen molar-refractivity contribution in [3.05, 3.63) is 39.4 Å². The van der Waals surface area contributed by atoms with Crippen LogP contribution in [0.4, 0.5) is 4.79 Å². The van der Waals surface area contributed by atoms with Crippen LogP contribution in [0.25, 0.3) is 10.9 Å². The van der Waals surface area contributed by atoms with Crippen molar-refractivity contribution in [3.63, 3.8) is 0 Å². The average Bonchev–Trinajstić information content (AvgIpc) is 2.17. The van der Waals surface area contributed by atoms with Crippen LogP contribution in [0.5, 0.6) is 0 Å². The molecule has 0 fully saturated rings. The van der Waals surface area contributed by atoms with E-state index in [9.17, 15) is 9.59 Å². The van der Waals surface area contributed by atoms with Gasteiger partial charge in [0.2, 0.25) is 0 Å². The molecular formula is C9H6N2O3S. The van der Waals surface area contributed by atoms with Crippen LogP contribution < -0.4 is 5.56 Å². The molecule has 0 saturated carbocycles.